The van der Waals surface area contributed by atoms with Crippen molar-refractivity contribution in [1.29, 1.82) is 0 Å². The lowest BCUT2D eigenvalue weighted by atomic mass is 10.3. The first kappa shape index (κ1) is 15.5. The number of benzene rings is 1. The number of esters is 1. The second-order valence-electron chi connectivity index (χ2n) is 3.12. The quantitative estimate of drug-likeness (QED) is 0.500. The number of ether oxygens (including phenoxy) is 1. The third-order valence-corrected chi connectivity index (χ3v) is 4.33. The van der Waals surface area contributed by atoms with E-state index in [4.69, 9.17) is 0 Å². The van der Waals surface area contributed by atoms with Crippen molar-refractivity contribution in [2.24, 2.45) is 0 Å². The molecule has 17 heavy (non-hydrogen) atoms. The molecule has 7 heteroatoms. The number of carbonyl (C=O) groups excluding carboxylic acids is 1. The number of rotatable bonds is 4. The molecule has 3 nitrogen and oxygen atoms in total. The van der Waals surface area contributed by atoms with Gasteiger partial charge in [-0.1, -0.05) is 31.9 Å². The highest BCUT2D eigenvalue weighted by Crippen LogP contribution is 2.34. The number of halogens is 4. The third-order valence-electron chi connectivity index (χ3n) is 1.92. The summed E-state index contributed by atoms with van der Waals surface area (Å²) >= 11 is 13.5. The smallest absolute Gasteiger partial charge is 0.321 e. The van der Waals surface area contributed by atoms with E-state index in [-0.39, 0.29) is 10.8 Å². The Morgan fingerprint density at radius 1 is 1.35 bits per heavy atom. The summed E-state index contributed by atoms with van der Waals surface area (Å²) < 4.78 is 7.40. The van der Waals surface area contributed by atoms with E-state index in [0.717, 1.165) is 19.1 Å². The molecule has 1 aromatic carbocycles. The van der Waals surface area contributed by atoms with Gasteiger partial charge >= 0.3 is 5.97 Å². The molecule has 0 heterocycles. The van der Waals surface area contributed by atoms with E-state index < -0.39 is 0 Å². The van der Waals surface area contributed by atoms with Crippen LogP contribution in [0.3, 0.4) is 0 Å². The number of anilines is 1. The maximum atomic E-state index is 11.2. The zero-order valence-electron chi connectivity index (χ0n) is 8.77. The molecule has 1 rings (SSSR count). The fourth-order valence-electron chi connectivity index (χ4n) is 1.11. The summed E-state index contributed by atoms with van der Waals surface area (Å²) in [6, 6.07) is 3.85. The van der Waals surface area contributed by atoms with Gasteiger partial charge < -0.3 is 10.1 Å². The van der Waals surface area contributed by atoms with Gasteiger partial charge in [0.15, 0.2) is 0 Å². The molecule has 94 valence electrons. The van der Waals surface area contributed by atoms with Crippen molar-refractivity contribution in [3.63, 3.8) is 0 Å². The second-order valence-corrected chi connectivity index (χ2v) is 6.85. The van der Waals surface area contributed by atoms with Crippen LogP contribution in [0.15, 0.2) is 25.6 Å². The summed E-state index contributed by atoms with van der Waals surface area (Å²) in [5.41, 5.74) is 0.890. The summed E-state index contributed by atoms with van der Waals surface area (Å²) in [5.74, 6) is -0.304. The first-order valence-electron chi connectivity index (χ1n) is 4.56. The molecule has 0 amide bonds. The third kappa shape index (κ3) is 4.54. The number of hydrogen-bond donors (Lipinski definition) is 1. The normalized spacial score (nSPS) is 12.1. The highest BCUT2D eigenvalue weighted by atomic mass is 79.9. The highest BCUT2D eigenvalue weighted by molar-refractivity contribution is 9.11. The van der Waals surface area contributed by atoms with Crippen LogP contribution in [0.25, 0.3) is 0 Å². The predicted molar refractivity (Wildman–Crippen MR) is 82.8 cm³/mol. The average molecular weight is 495 g/mol. The largest absolute Gasteiger partial charge is 0.468 e. The molecular weight excluding hydrogens is 486 g/mol. The molecule has 1 N–H and O–H groups in total. The summed E-state index contributed by atoms with van der Waals surface area (Å²) in [7, 11) is 1.36. The summed E-state index contributed by atoms with van der Waals surface area (Å²) in [6.07, 6.45) is 0. The van der Waals surface area contributed by atoms with Crippen molar-refractivity contribution in [2.45, 2.75) is 4.83 Å². The van der Waals surface area contributed by atoms with Gasteiger partial charge in [-0.05, 0) is 44.0 Å². The fraction of sp³-hybridized carbons (Fsp3) is 0.300. The van der Waals surface area contributed by atoms with Crippen molar-refractivity contribution in [2.75, 3.05) is 19.0 Å². The molecule has 0 spiro atoms. The first-order valence-corrected chi connectivity index (χ1v) is 7.85. The molecule has 0 aliphatic heterocycles. The Morgan fingerprint density at radius 3 is 2.35 bits per heavy atom. The van der Waals surface area contributed by atoms with Crippen LogP contribution in [0.1, 0.15) is 0 Å². The number of nitrogens with one attached hydrogen (secondary N) is 1. The topological polar surface area (TPSA) is 38.3 Å². The maximum Gasteiger partial charge on any atom is 0.321 e. The number of alkyl halides is 1. The lowest BCUT2D eigenvalue weighted by molar-refractivity contribution is -0.139. The van der Waals surface area contributed by atoms with Crippen LogP contribution in [-0.4, -0.2) is 24.5 Å². The van der Waals surface area contributed by atoms with E-state index in [9.17, 15) is 4.79 Å². The van der Waals surface area contributed by atoms with Gasteiger partial charge in [0, 0.05) is 20.0 Å². The molecule has 0 saturated carbocycles. The molecule has 1 aromatic rings. The minimum atomic E-state index is -0.380. The Bertz CT molecular complexity index is 402. The summed E-state index contributed by atoms with van der Waals surface area (Å²) in [6.45, 7) is 0.436. The van der Waals surface area contributed by atoms with Crippen LogP contribution in [-0.2, 0) is 9.53 Å². The number of methoxy groups -OCH3 is 1. The molecule has 0 saturated heterocycles. The van der Waals surface area contributed by atoms with E-state index in [1.54, 1.807) is 0 Å². The average Bonchev–Trinajstić information content (AvgIpc) is 2.26. The van der Waals surface area contributed by atoms with E-state index in [1.807, 2.05) is 12.1 Å². The Kier molecular flexibility index (Phi) is 6.47. The van der Waals surface area contributed by atoms with Gasteiger partial charge in [-0.2, -0.15) is 0 Å². The molecule has 1 unspecified atom stereocenters. The monoisotopic (exact) mass is 491 g/mol. The lowest BCUT2D eigenvalue weighted by Crippen LogP contribution is -2.24. The summed E-state index contributed by atoms with van der Waals surface area (Å²) in [4.78, 5) is 10.8. The molecule has 0 fully saturated rings. The van der Waals surface area contributed by atoms with E-state index in [2.05, 4.69) is 73.8 Å². The SMILES string of the molecule is COC(=O)C(Br)CNc1c(Br)cc(Br)cc1Br. The first-order chi connectivity index (χ1) is 7.95. The molecule has 1 atom stereocenters. The van der Waals surface area contributed by atoms with Crippen molar-refractivity contribution in [1.82, 2.24) is 0 Å². The molecule has 0 radical (unpaired) electrons. The lowest BCUT2D eigenvalue weighted by Gasteiger charge is -2.13. The van der Waals surface area contributed by atoms with Crippen molar-refractivity contribution in [3.05, 3.63) is 25.6 Å². The van der Waals surface area contributed by atoms with Crippen molar-refractivity contribution < 1.29 is 9.53 Å². The van der Waals surface area contributed by atoms with Crippen LogP contribution >= 0.6 is 63.7 Å². The van der Waals surface area contributed by atoms with E-state index >= 15 is 0 Å². The Hall–Kier alpha value is 0.410. The Morgan fingerprint density at radius 2 is 1.88 bits per heavy atom. The highest BCUT2D eigenvalue weighted by Gasteiger charge is 2.16. The van der Waals surface area contributed by atoms with Gasteiger partial charge in [0.25, 0.3) is 0 Å². The summed E-state index contributed by atoms with van der Waals surface area (Å²) in [5, 5.41) is 3.16. The zero-order chi connectivity index (χ0) is 13.0. The number of carbonyl (C=O) groups is 1. The molecule has 0 aromatic heterocycles. The fourth-order valence-corrected chi connectivity index (χ4v) is 4.00. The van der Waals surface area contributed by atoms with Crippen LogP contribution in [0.2, 0.25) is 0 Å². The molecular formula is C10H9Br4NO2. The molecule has 0 bridgehead atoms. The number of hydrogen-bond acceptors (Lipinski definition) is 3. The van der Waals surface area contributed by atoms with Gasteiger partial charge in [0.2, 0.25) is 0 Å². The second kappa shape index (κ2) is 7.11. The van der Waals surface area contributed by atoms with Crippen LogP contribution in [0, 0.1) is 0 Å². The van der Waals surface area contributed by atoms with Gasteiger partial charge in [0.05, 0.1) is 12.8 Å². The van der Waals surface area contributed by atoms with Gasteiger partial charge in [-0.15, -0.1) is 0 Å². The van der Waals surface area contributed by atoms with Gasteiger partial charge in [-0.25, -0.2) is 0 Å². The van der Waals surface area contributed by atoms with E-state index in [0.29, 0.717) is 6.54 Å². The maximum absolute atomic E-state index is 11.2. The zero-order valence-corrected chi connectivity index (χ0v) is 15.1. The Balaban J connectivity index is 2.73. The standard InChI is InChI=1S/C10H9Br4NO2/c1-17-10(16)8(14)4-15-9-6(12)2-5(11)3-7(9)13/h2-3,8,15H,4H2,1H3. The van der Waals surface area contributed by atoms with E-state index in [1.165, 1.54) is 7.11 Å². The van der Waals surface area contributed by atoms with Crippen molar-refractivity contribution >= 4 is 75.4 Å². The van der Waals surface area contributed by atoms with Crippen LogP contribution < -0.4 is 5.32 Å². The van der Waals surface area contributed by atoms with Crippen LogP contribution in [0.5, 0.6) is 0 Å². The van der Waals surface area contributed by atoms with Crippen molar-refractivity contribution in [3.8, 4) is 0 Å². The Labute approximate surface area is 133 Å². The van der Waals surface area contributed by atoms with Gasteiger partial charge in [-0.3, -0.25) is 4.79 Å². The van der Waals surface area contributed by atoms with Crippen LogP contribution in [0.4, 0.5) is 5.69 Å². The minimum Gasteiger partial charge on any atom is -0.468 e. The molecule has 0 aliphatic rings. The minimum absolute atomic E-state index is 0.304. The molecule has 0 aliphatic carbocycles. The predicted octanol–water partition coefficient (Wildman–Crippen LogP) is 4.32. The van der Waals surface area contributed by atoms with Gasteiger partial charge in [0.1, 0.15) is 4.83 Å².